The third kappa shape index (κ3) is 4.09. The molecule has 9 heteroatoms. The van der Waals surface area contributed by atoms with E-state index in [0.29, 0.717) is 18.7 Å². The van der Waals surface area contributed by atoms with Gasteiger partial charge in [-0.3, -0.25) is 4.79 Å². The van der Waals surface area contributed by atoms with Crippen molar-refractivity contribution in [1.29, 1.82) is 0 Å². The Balaban J connectivity index is 2.31. The normalized spacial score (nSPS) is 19.4. The van der Waals surface area contributed by atoms with E-state index in [2.05, 4.69) is 5.32 Å². The summed E-state index contributed by atoms with van der Waals surface area (Å²) in [7, 11) is -2.37. The number of ether oxygens (including phenoxy) is 1. The topological polar surface area (TPSA) is 75.7 Å². The SMILES string of the molecule is COc1cc(Cl)c(S(=O)(=O)N2CCCC(NC(C)=O)C2)cc1Cl. The van der Waals surface area contributed by atoms with E-state index in [1.165, 1.54) is 30.5 Å². The molecule has 1 aromatic carbocycles. The molecule has 23 heavy (non-hydrogen) atoms. The smallest absolute Gasteiger partial charge is 0.244 e. The van der Waals surface area contributed by atoms with Crippen LogP contribution in [0.3, 0.4) is 0 Å². The molecule has 128 valence electrons. The van der Waals surface area contributed by atoms with E-state index >= 15 is 0 Å². The minimum absolute atomic E-state index is 0.0490. The zero-order valence-electron chi connectivity index (χ0n) is 12.8. The van der Waals surface area contributed by atoms with E-state index in [4.69, 9.17) is 27.9 Å². The molecule has 0 aliphatic carbocycles. The maximum Gasteiger partial charge on any atom is 0.244 e. The van der Waals surface area contributed by atoms with Gasteiger partial charge in [-0.05, 0) is 18.9 Å². The van der Waals surface area contributed by atoms with Crippen molar-refractivity contribution in [2.75, 3.05) is 20.2 Å². The Labute approximate surface area is 145 Å². The lowest BCUT2D eigenvalue weighted by molar-refractivity contribution is -0.119. The van der Waals surface area contributed by atoms with Gasteiger partial charge in [0.05, 0.1) is 17.2 Å². The van der Waals surface area contributed by atoms with Crippen molar-refractivity contribution in [3.63, 3.8) is 0 Å². The van der Waals surface area contributed by atoms with E-state index < -0.39 is 10.0 Å². The molecule has 1 heterocycles. The van der Waals surface area contributed by atoms with Crippen LogP contribution in [0.25, 0.3) is 0 Å². The van der Waals surface area contributed by atoms with Crippen LogP contribution in [0.15, 0.2) is 17.0 Å². The van der Waals surface area contributed by atoms with Crippen LogP contribution >= 0.6 is 23.2 Å². The molecule has 0 saturated carbocycles. The molecule has 1 aliphatic rings. The molecule has 2 rings (SSSR count). The predicted molar refractivity (Wildman–Crippen MR) is 88.6 cm³/mol. The average molecular weight is 381 g/mol. The van der Waals surface area contributed by atoms with Gasteiger partial charge in [0.1, 0.15) is 10.6 Å². The van der Waals surface area contributed by atoms with E-state index in [9.17, 15) is 13.2 Å². The minimum Gasteiger partial charge on any atom is -0.495 e. The Morgan fingerprint density at radius 3 is 2.65 bits per heavy atom. The second-order valence-corrected chi connectivity index (χ2v) is 8.04. The van der Waals surface area contributed by atoms with Crippen molar-refractivity contribution >= 4 is 39.1 Å². The Morgan fingerprint density at radius 2 is 2.04 bits per heavy atom. The number of sulfonamides is 1. The number of carbonyl (C=O) groups excluding carboxylic acids is 1. The zero-order chi connectivity index (χ0) is 17.2. The van der Waals surface area contributed by atoms with Crippen molar-refractivity contribution in [3.8, 4) is 5.75 Å². The molecule has 0 aromatic heterocycles. The van der Waals surface area contributed by atoms with E-state index in [-0.39, 0.29) is 33.4 Å². The number of rotatable bonds is 4. The molecule has 6 nitrogen and oxygen atoms in total. The van der Waals surface area contributed by atoms with E-state index in [0.717, 1.165) is 6.42 Å². The quantitative estimate of drug-likeness (QED) is 0.869. The Hall–Kier alpha value is -1.02. The first-order valence-electron chi connectivity index (χ1n) is 7.06. The van der Waals surface area contributed by atoms with Gasteiger partial charge in [0.15, 0.2) is 0 Å². The molecule has 0 bridgehead atoms. The molecule has 1 fully saturated rings. The third-order valence-corrected chi connectivity index (χ3v) is 6.24. The molecule has 1 saturated heterocycles. The first kappa shape index (κ1) is 18.3. The molecule has 1 atom stereocenters. The first-order chi connectivity index (χ1) is 10.8. The monoisotopic (exact) mass is 380 g/mol. The second-order valence-electron chi connectivity index (χ2n) is 5.32. The summed E-state index contributed by atoms with van der Waals surface area (Å²) in [6, 6.07) is 2.47. The Kier molecular flexibility index (Phi) is 5.78. The molecule has 1 aliphatic heterocycles. The van der Waals surface area contributed by atoms with Crippen molar-refractivity contribution < 1.29 is 17.9 Å². The third-order valence-electron chi connectivity index (χ3n) is 3.62. The number of halogens is 2. The summed E-state index contributed by atoms with van der Waals surface area (Å²) in [6.45, 7) is 1.99. The molecule has 0 spiro atoms. The van der Waals surface area contributed by atoms with Gasteiger partial charge in [0, 0.05) is 32.1 Å². The van der Waals surface area contributed by atoms with Gasteiger partial charge in [-0.15, -0.1) is 0 Å². The van der Waals surface area contributed by atoms with E-state index in [1.54, 1.807) is 0 Å². The maximum absolute atomic E-state index is 12.8. The Morgan fingerprint density at radius 1 is 1.35 bits per heavy atom. The maximum atomic E-state index is 12.8. The summed E-state index contributed by atoms with van der Waals surface area (Å²) in [4.78, 5) is 11.1. The number of benzene rings is 1. The molecule has 1 amide bonds. The number of methoxy groups -OCH3 is 1. The summed E-state index contributed by atoms with van der Waals surface area (Å²) in [5, 5.41) is 2.98. The lowest BCUT2D eigenvalue weighted by atomic mass is 10.1. The van der Waals surface area contributed by atoms with Crippen LogP contribution in [0, 0.1) is 0 Å². The number of nitrogens with zero attached hydrogens (tertiary/aromatic N) is 1. The van der Waals surface area contributed by atoms with Crippen LogP contribution in [0.4, 0.5) is 0 Å². The number of hydrogen-bond donors (Lipinski definition) is 1. The van der Waals surface area contributed by atoms with Gasteiger partial charge in [-0.1, -0.05) is 23.2 Å². The van der Waals surface area contributed by atoms with Gasteiger partial charge in [0.25, 0.3) is 0 Å². The summed E-state index contributed by atoms with van der Waals surface area (Å²) < 4.78 is 32.0. The highest BCUT2D eigenvalue weighted by Gasteiger charge is 2.32. The highest BCUT2D eigenvalue weighted by atomic mass is 35.5. The molecular formula is C14H18Cl2N2O4S. The lowest BCUT2D eigenvalue weighted by Crippen LogP contribution is -2.49. The fraction of sp³-hybridized carbons (Fsp3) is 0.500. The highest BCUT2D eigenvalue weighted by molar-refractivity contribution is 7.89. The number of amides is 1. The zero-order valence-corrected chi connectivity index (χ0v) is 15.1. The predicted octanol–water partition coefficient (Wildman–Crippen LogP) is 2.29. The van der Waals surface area contributed by atoms with Crippen LogP contribution in [-0.2, 0) is 14.8 Å². The van der Waals surface area contributed by atoms with Crippen molar-refractivity contribution in [2.45, 2.75) is 30.7 Å². The van der Waals surface area contributed by atoms with Crippen LogP contribution in [0.5, 0.6) is 5.75 Å². The van der Waals surface area contributed by atoms with Crippen LogP contribution < -0.4 is 10.1 Å². The summed E-state index contributed by atoms with van der Waals surface area (Å²) in [5.74, 6) is 0.130. The standard InChI is InChI=1S/C14H18Cl2N2O4S/c1-9(19)17-10-4-3-5-18(8-10)23(20,21)14-7-11(15)13(22-2)6-12(14)16/h6-7,10H,3-5,8H2,1-2H3,(H,17,19). The van der Waals surface area contributed by atoms with Gasteiger partial charge in [0.2, 0.25) is 15.9 Å². The first-order valence-corrected chi connectivity index (χ1v) is 9.25. The number of hydrogen-bond acceptors (Lipinski definition) is 4. The van der Waals surface area contributed by atoms with Gasteiger partial charge < -0.3 is 10.1 Å². The fourth-order valence-corrected chi connectivity index (χ4v) is 4.92. The molecule has 1 aromatic rings. The number of carbonyl (C=O) groups is 1. The molecule has 1 N–H and O–H groups in total. The lowest BCUT2D eigenvalue weighted by Gasteiger charge is -2.32. The Bertz CT molecular complexity index is 709. The molecular weight excluding hydrogens is 363 g/mol. The number of nitrogens with one attached hydrogen (secondary N) is 1. The average Bonchev–Trinajstić information content (AvgIpc) is 2.48. The highest BCUT2D eigenvalue weighted by Crippen LogP contribution is 2.35. The fourth-order valence-electron chi connectivity index (χ4n) is 2.57. The molecule has 0 radical (unpaired) electrons. The van der Waals surface area contributed by atoms with Gasteiger partial charge in [-0.2, -0.15) is 4.31 Å². The number of piperidine rings is 1. The van der Waals surface area contributed by atoms with Crippen LogP contribution in [0.2, 0.25) is 10.0 Å². The largest absolute Gasteiger partial charge is 0.495 e. The summed E-state index contributed by atoms with van der Waals surface area (Å²) >= 11 is 12.1. The van der Waals surface area contributed by atoms with Crippen molar-refractivity contribution in [2.24, 2.45) is 0 Å². The van der Waals surface area contributed by atoms with Gasteiger partial charge >= 0.3 is 0 Å². The molecule has 1 unspecified atom stereocenters. The van der Waals surface area contributed by atoms with E-state index in [1.807, 2.05) is 0 Å². The second kappa shape index (κ2) is 7.25. The minimum atomic E-state index is -3.80. The van der Waals surface area contributed by atoms with Crippen LogP contribution in [-0.4, -0.2) is 44.9 Å². The summed E-state index contributed by atoms with van der Waals surface area (Å²) in [5.41, 5.74) is 0. The van der Waals surface area contributed by atoms with Gasteiger partial charge in [-0.25, -0.2) is 8.42 Å². The van der Waals surface area contributed by atoms with Crippen molar-refractivity contribution in [1.82, 2.24) is 9.62 Å². The van der Waals surface area contributed by atoms with Crippen molar-refractivity contribution in [3.05, 3.63) is 22.2 Å². The summed E-state index contributed by atoms with van der Waals surface area (Å²) in [6.07, 6.45) is 1.40. The van der Waals surface area contributed by atoms with Crippen LogP contribution in [0.1, 0.15) is 19.8 Å².